The molecule has 0 bridgehead atoms. The number of aryl methyl sites for hydroxylation is 1. The topological polar surface area (TPSA) is 104 Å². The Balaban J connectivity index is 1.26. The first kappa shape index (κ1) is 24.0. The molecule has 0 unspecified atom stereocenters. The second kappa shape index (κ2) is 10.4. The van der Waals surface area contributed by atoms with Crippen LogP contribution < -0.4 is 15.4 Å². The maximum atomic E-state index is 12.5. The molecule has 0 aromatic heterocycles. The van der Waals surface area contributed by atoms with Crippen LogP contribution >= 0.6 is 0 Å². The van der Waals surface area contributed by atoms with E-state index in [1.54, 1.807) is 54.6 Å². The highest BCUT2D eigenvalue weighted by Crippen LogP contribution is 2.19. The zero-order valence-corrected chi connectivity index (χ0v) is 19.9. The van der Waals surface area contributed by atoms with Crippen molar-refractivity contribution in [2.45, 2.75) is 18.2 Å². The maximum absolute atomic E-state index is 12.5. The second-order valence-corrected chi connectivity index (χ2v) is 9.79. The van der Waals surface area contributed by atoms with Crippen molar-refractivity contribution in [3.8, 4) is 0 Å². The van der Waals surface area contributed by atoms with Crippen molar-refractivity contribution in [3.05, 3.63) is 102 Å². The number of carbonyl (C=O) groups excluding carboxylic acids is 2. The highest BCUT2D eigenvalue weighted by Gasteiger charge is 2.14. The first-order valence-corrected chi connectivity index (χ1v) is 12.5. The molecule has 0 aliphatic heterocycles. The number of hydrogen-bond donors (Lipinski definition) is 3. The minimum Gasteiger partial charge on any atom is -0.352 e. The second-order valence-electron chi connectivity index (χ2n) is 8.11. The molecule has 0 aliphatic rings. The summed E-state index contributed by atoms with van der Waals surface area (Å²) in [6.45, 7) is 2.07. The molecular weight excluding hydrogens is 462 g/mol. The molecule has 0 fully saturated rings. The molecule has 178 valence electrons. The fourth-order valence-electron chi connectivity index (χ4n) is 3.50. The van der Waals surface area contributed by atoms with E-state index in [9.17, 15) is 18.0 Å². The molecule has 0 spiro atoms. The van der Waals surface area contributed by atoms with Gasteiger partial charge in [-0.3, -0.25) is 14.3 Å². The molecule has 0 heterocycles. The predicted molar refractivity (Wildman–Crippen MR) is 138 cm³/mol. The molecule has 4 rings (SSSR count). The Morgan fingerprint density at radius 3 is 2.14 bits per heavy atom. The van der Waals surface area contributed by atoms with Gasteiger partial charge in [-0.2, -0.15) is 0 Å². The van der Waals surface area contributed by atoms with E-state index in [4.69, 9.17) is 0 Å². The third-order valence-electron chi connectivity index (χ3n) is 5.40. The molecule has 2 amide bonds. The zero-order chi connectivity index (χ0) is 24.8. The van der Waals surface area contributed by atoms with Gasteiger partial charge >= 0.3 is 0 Å². The monoisotopic (exact) mass is 487 g/mol. The average Bonchev–Trinajstić information content (AvgIpc) is 2.85. The van der Waals surface area contributed by atoms with Gasteiger partial charge in [0.2, 0.25) is 5.91 Å². The van der Waals surface area contributed by atoms with Gasteiger partial charge < -0.3 is 10.6 Å². The van der Waals surface area contributed by atoms with Crippen molar-refractivity contribution in [1.29, 1.82) is 0 Å². The van der Waals surface area contributed by atoms with Gasteiger partial charge in [0.05, 0.1) is 4.90 Å². The van der Waals surface area contributed by atoms with Crippen LogP contribution in [0.2, 0.25) is 0 Å². The lowest BCUT2D eigenvalue weighted by molar-refractivity contribution is -0.116. The van der Waals surface area contributed by atoms with Gasteiger partial charge in [-0.15, -0.1) is 0 Å². The van der Waals surface area contributed by atoms with E-state index in [2.05, 4.69) is 15.4 Å². The number of benzene rings is 4. The molecule has 0 saturated carbocycles. The molecule has 0 radical (unpaired) electrons. The lowest BCUT2D eigenvalue weighted by Crippen LogP contribution is -2.27. The third-order valence-corrected chi connectivity index (χ3v) is 6.80. The smallest absolute Gasteiger partial charge is 0.261 e. The number of rotatable bonds is 8. The number of nitrogens with one attached hydrogen (secondary N) is 3. The van der Waals surface area contributed by atoms with Crippen LogP contribution in [0.25, 0.3) is 10.8 Å². The van der Waals surface area contributed by atoms with E-state index in [1.165, 1.54) is 0 Å². The van der Waals surface area contributed by atoms with Crippen molar-refractivity contribution < 1.29 is 18.0 Å². The summed E-state index contributed by atoms with van der Waals surface area (Å²) in [5.74, 6) is -0.509. The lowest BCUT2D eigenvalue weighted by atomic mass is 10.1. The molecular formula is C27H25N3O4S. The number of hydrogen-bond acceptors (Lipinski definition) is 4. The maximum Gasteiger partial charge on any atom is 0.261 e. The Hall–Kier alpha value is -4.17. The Bertz CT molecular complexity index is 1460. The quantitative estimate of drug-likeness (QED) is 0.335. The van der Waals surface area contributed by atoms with Crippen LogP contribution in [-0.2, 0) is 14.8 Å². The summed E-state index contributed by atoms with van der Waals surface area (Å²) in [7, 11) is -3.70. The number of sulfonamides is 1. The minimum atomic E-state index is -3.70. The minimum absolute atomic E-state index is 0.0983. The summed E-state index contributed by atoms with van der Waals surface area (Å²) in [5.41, 5.74) is 2.41. The van der Waals surface area contributed by atoms with Crippen LogP contribution in [0.4, 0.5) is 11.4 Å². The van der Waals surface area contributed by atoms with E-state index in [-0.39, 0.29) is 29.7 Å². The molecule has 0 saturated heterocycles. The van der Waals surface area contributed by atoms with Gasteiger partial charge in [-0.05, 0) is 66.2 Å². The SMILES string of the molecule is Cc1ccc(S(=O)(=O)Nc2ccc(NC(=O)CCNC(=O)c3ccc4ccccc4c3)cc2)cc1. The largest absolute Gasteiger partial charge is 0.352 e. The van der Waals surface area contributed by atoms with Gasteiger partial charge in [0.25, 0.3) is 15.9 Å². The zero-order valence-electron chi connectivity index (χ0n) is 19.1. The fraction of sp³-hybridized carbons (Fsp3) is 0.111. The van der Waals surface area contributed by atoms with Gasteiger partial charge in [-0.25, -0.2) is 8.42 Å². The Labute approximate surface area is 204 Å². The van der Waals surface area contributed by atoms with Crippen molar-refractivity contribution >= 4 is 44.0 Å². The Morgan fingerprint density at radius 2 is 1.43 bits per heavy atom. The van der Waals surface area contributed by atoms with Crippen LogP contribution in [0.1, 0.15) is 22.3 Å². The van der Waals surface area contributed by atoms with E-state index in [0.717, 1.165) is 16.3 Å². The van der Waals surface area contributed by atoms with Crippen LogP contribution in [0, 0.1) is 6.92 Å². The summed E-state index contributed by atoms with van der Waals surface area (Å²) >= 11 is 0. The molecule has 8 heteroatoms. The fourth-order valence-corrected chi connectivity index (χ4v) is 4.56. The summed E-state index contributed by atoms with van der Waals surface area (Å²) in [5, 5.41) is 7.53. The Kier molecular flexibility index (Phi) is 7.12. The number of carbonyl (C=O) groups is 2. The van der Waals surface area contributed by atoms with Crippen LogP contribution in [-0.4, -0.2) is 26.8 Å². The predicted octanol–water partition coefficient (Wildman–Crippen LogP) is 4.71. The van der Waals surface area contributed by atoms with Crippen molar-refractivity contribution in [3.63, 3.8) is 0 Å². The first-order valence-electron chi connectivity index (χ1n) is 11.1. The molecule has 3 N–H and O–H groups in total. The molecule has 35 heavy (non-hydrogen) atoms. The lowest BCUT2D eigenvalue weighted by Gasteiger charge is -2.10. The standard InChI is InChI=1S/C27H25N3O4S/c1-19-6-14-25(15-7-19)35(33,34)30-24-12-10-23(11-13-24)29-26(31)16-17-28-27(32)22-9-8-20-4-2-3-5-21(20)18-22/h2-15,18,30H,16-17H2,1H3,(H,28,32)(H,29,31). The van der Waals surface area contributed by atoms with Gasteiger partial charge in [0, 0.05) is 29.9 Å². The molecule has 0 aliphatic carbocycles. The van der Waals surface area contributed by atoms with E-state index >= 15 is 0 Å². The average molecular weight is 488 g/mol. The van der Waals surface area contributed by atoms with Crippen molar-refractivity contribution in [1.82, 2.24) is 5.32 Å². The third kappa shape index (κ3) is 6.24. The van der Waals surface area contributed by atoms with Crippen LogP contribution in [0.5, 0.6) is 0 Å². The number of fused-ring (bicyclic) bond motifs is 1. The van der Waals surface area contributed by atoms with Gasteiger partial charge in [0.1, 0.15) is 0 Å². The highest BCUT2D eigenvalue weighted by atomic mass is 32.2. The molecule has 7 nitrogen and oxygen atoms in total. The summed E-state index contributed by atoms with van der Waals surface area (Å²) in [6.07, 6.45) is 0.0983. The Morgan fingerprint density at radius 1 is 0.771 bits per heavy atom. The molecule has 0 atom stereocenters. The normalized spacial score (nSPS) is 11.1. The molecule has 4 aromatic carbocycles. The first-order chi connectivity index (χ1) is 16.8. The summed E-state index contributed by atoms with van der Waals surface area (Å²) in [6, 6.07) is 26.2. The highest BCUT2D eigenvalue weighted by molar-refractivity contribution is 7.92. The van der Waals surface area contributed by atoms with Crippen LogP contribution in [0.3, 0.4) is 0 Å². The van der Waals surface area contributed by atoms with Crippen LogP contribution in [0.15, 0.2) is 95.9 Å². The summed E-state index contributed by atoms with van der Waals surface area (Å²) < 4.78 is 27.5. The number of amides is 2. The van der Waals surface area contributed by atoms with E-state index < -0.39 is 10.0 Å². The van der Waals surface area contributed by atoms with E-state index in [1.807, 2.05) is 43.3 Å². The van der Waals surface area contributed by atoms with Gasteiger partial charge in [0.15, 0.2) is 0 Å². The number of anilines is 2. The van der Waals surface area contributed by atoms with E-state index in [0.29, 0.717) is 16.9 Å². The summed E-state index contributed by atoms with van der Waals surface area (Å²) in [4.78, 5) is 24.8. The van der Waals surface area contributed by atoms with Crippen molar-refractivity contribution in [2.75, 3.05) is 16.6 Å². The molecule has 4 aromatic rings. The van der Waals surface area contributed by atoms with Crippen molar-refractivity contribution in [2.24, 2.45) is 0 Å². The van der Waals surface area contributed by atoms with Gasteiger partial charge in [-0.1, -0.05) is 48.0 Å².